The van der Waals surface area contributed by atoms with Crippen LogP contribution in [0.4, 0.5) is 74.6 Å². The molecule has 0 saturated heterocycles. The minimum atomic E-state index is -8.74. The van der Waals surface area contributed by atoms with E-state index in [9.17, 15) is 79.4 Å². The van der Waals surface area contributed by atoms with Crippen LogP contribution in [0.2, 0.25) is 0 Å². The maximum atomic E-state index is 14.4. The van der Waals surface area contributed by atoms with Gasteiger partial charge in [-0.3, -0.25) is 4.79 Å². The van der Waals surface area contributed by atoms with Gasteiger partial charge in [-0.2, -0.15) is 74.6 Å². The first-order chi connectivity index (χ1) is 21.1. The molecule has 0 unspecified atom stereocenters. The van der Waals surface area contributed by atoms with Gasteiger partial charge in [0.2, 0.25) is 5.78 Å². The molecule has 1 aliphatic carbocycles. The number of halogens is 17. The molecule has 0 aromatic heterocycles. The highest BCUT2D eigenvalue weighted by Crippen LogP contribution is 2.64. The molecule has 1 nitrogen and oxygen atoms in total. The molecule has 1 aliphatic rings. The lowest BCUT2D eigenvalue weighted by atomic mass is 9.77. The number of alkyl halides is 17. The number of benzene rings is 1. The van der Waals surface area contributed by atoms with Gasteiger partial charge in [0.1, 0.15) is 0 Å². The summed E-state index contributed by atoms with van der Waals surface area (Å²) in [5.41, 5.74) is -1.22. The summed E-state index contributed by atoms with van der Waals surface area (Å²) in [4.78, 5) is 12.1. The minimum Gasteiger partial charge on any atom is -0.287 e. The largest absolute Gasteiger partial charge is 0.460 e. The summed E-state index contributed by atoms with van der Waals surface area (Å²) >= 11 is 0. The van der Waals surface area contributed by atoms with Crippen LogP contribution < -0.4 is 0 Å². The third-order valence-electron chi connectivity index (χ3n) is 8.50. The molecular formula is C29H31F17O. The van der Waals surface area contributed by atoms with Crippen molar-refractivity contribution < 1.29 is 79.4 Å². The Labute approximate surface area is 258 Å². The fourth-order valence-electron chi connectivity index (χ4n) is 5.35. The van der Waals surface area contributed by atoms with Crippen LogP contribution in [-0.4, -0.2) is 53.4 Å². The van der Waals surface area contributed by atoms with Crippen LogP contribution in [0.1, 0.15) is 87.1 Å². The van der Waals surface area contributed by atoms with Crippen LogP contribution in [0.3, 0.4) is 0 Å². The van der Waals surface area contributed by atoms with E-state index in [-0.39, 0.29) is 12.3 Å². The molecule has 0 heterocycles. The van der Waals surface area contributed by atoms with Crippen molar-refractivity contribution in [3.63, 3.8) is 0 Å². The van der Waals surface area contributed by atoms with Gasteiger partial charge in [0.15, 0.2) is 0 Å². The minimum absolute atomic E-state index is 0.275. The van der Waals surface area contributed by atoms with Gasteiger partial charge in [-0.05, 0) is 30.2 Å². The van der Waals surface area contributed by atoms with Crippen molar-refractivity contribution in [2.75, 3.05) is 0 Å². The quantitative estimate of drug-likeness (QED) is 0.0945. The number of carbonyl (C=O) groups excluding carboxylic acids is 1. The van der Waals surface area contributed by atoms with Gasteiger partial charge in [0.05, 0.1) is 0 Å². The average molecular weight is 719 g/mol. The predicted molar refractivity (Wildman–Crippen MR) is 134 cm³/mol. The second-order valence-corrected chi connectivity index (χ2v) is 11.8. The Morgan fingerprint density at radius 2 is 0.957 bits per heavy atom. The number of aryl methyl sites for hydroxylation is 1. The zero-order valence-electron chi connectivity index (χ0n) is 24.6. The summed E-state index contributed by atoms with van der Waals surface area (Å²) in [6, 6.07) is 2.61. The molecule has 0 spiro atoms. The highest BCUT2D eigenvalue weighted by atomic mass is 19.4. The molecular weight excluding hydrogens is 687 g/mol. The molecule has 1 aromatic carbocycles. The normalized spacial score (nSPS) is 19.6. The smallest absolute Gasteiger partial charge is 0.287 e. The number of ketones is 1. The Hall–Kier alpha value is -2.30. The first-order valence-electron chi connectivity index (χ1n) is 14.5. The van der Waals surface area contributed by atoms with Crippen molar-refractivity contribution in [3.8, 4) is 0 Å². The Morgan fingerprint density at radius 3 is 1.38 bits per heavy atom. The molecule has 0 N–H and O–H groups in total. The van der Waals surface area contributed by atoms with Gasteiger partial charge in [0.25, 0.3) is 0 Å². The lowest BCUT2D eigenvalue weighted by molar-refractivity contribution is -0.459. The van der Waals surface area contributed by atoms with Gasteiger partial charge < -0.3 is 0 Å². The Balaban J connectivity index is 2.19. The highest BCUT2D eigenvalue weighted by molar-refractivity contribution is 6.02. The highest BCUT2D eigenvalue weighted by Gasteiger charge is 2.95. The van der Waals surface area contributed by atoms with Crippen molar-refractivity contribution in [1.29, 1.82) is 0 Å². The Kier molecular flexibility index (Phi) is 12.1. The summed E-state index contributed by atoms with van der Waals surface area (Å²) in [6.07, 6.45) is 2.46. The van der Waals surface area contributed by atoms with E-state index in [0.29, 0.717) is 30.0 Å². The van der Waals surface area contributed by atoms with Gasteiger partial charge >= 0.3 is 47.6 Å². The number of rotatable bonds is 16. The third kappa shape index (κ3) is 7.35. The van der Waals surface area contributed by atoms with Crippen molar-refractivity contribution >= 4 is 5.78 Å². The predicted octanol–water partition coefficient (Wildman–Crippen LogP) is 11.6. The van der Waals surface area contributed by atoms with E-state index in [1.54, 1.807) is 0 Å². The average Bonchev–Trinajstić information content (AvgIpc) is 2.97. The summed E-state index contributed by atoms with van der Waals surface area (Å²) in [5, 5.41) is 0. The summed E-state index contributed by atoms with van der Waals surface area (Å²) in [6.45, 7) is 2.10. The standard InChI is InChI=1S/C29H31F17O/c1-2-3-4-5-6-17-7-9-18(10-8-17)11-12-19-13-15-20(16-14-19)21(47)22(30,31)23(32,33)24(34,35)25(36,37)26(38,39)27(40,41)28(42,43)29(44,45)46/h13-18H,2-12H2,1H3. The molecule has 18 heteroatoms. The molecule has 272 valence electrons. The first-order valence-corrected chi connectivity index (χ1v) is 14.5. The summed E-state index contributed by atoms with van der Waals surface area (Å²) in [7, 11) is 0. The second-order valence-electron chi connectivity index (χ2n) is 11.8. The molecule has 2 rings (SSSR count). The fourth-order valence-corrected chi connectivity index (χ4v) is 5.35. The van der Waals surface area contributed by atoms with Crippen LogP contribution in [0, 0.1) is 11.8 Å². The van der Waals surface area contributed by atoms with Crippen LogP contribution in [0.25, 0.3) is 0 Å². The number of carbonyl (C=O) groups is 1. The zero-order chi connectivity index (χ0) is 36.5. The third-order valence-corrected chi connectivity index (χ3v) is 8.50. The van der Waals surface area contributed by atoms with Gasteiger partial charge in [-0.1, -0.05) is 89.0 Å². The molecule has 47 heavy (non-hydrogen) atoms. The topological polar surface area (TPSA) is 17.1 Å². The van der Waals surface area contributed by atoms with Gasteiger partial charge in [-0.15, -0.1) is 0 Å². The van der Waals surface area contributed by atoms with Crippen LogP contribution in [0.15, 0.2) is 24.3 Å². The Bertz CT molecular complexity index is 1180. The number of Topliss-reactive ketones (excluding diaryl/α,β-unsaturated/α-hetero) is 1. The van der Waals surface area contributed by atoms with Gasteiger partial charge in [0, 0.05) is 5.56 Å². The Morgan fingerprint density at radius 1 is 0.553 bits per heavy atom. The van der Waals surface area contributed by atoms with E-state index in [0.717, 1.165) is 69.9 Å². The lowest BCUT2D eigenvalue weighted by Gasteiger charge is -2.42. The maximum absolute atomic E-state index is 14.4. The van der Waals surface area contributed by atoms with E-state index >= 15 is 0 Å². The van der Waals surface area contributed by atoms with Crippen molar-refractivity contribution in [2.24, 2.45) is 11.8 Å². The van der Waals surface area contributed by atoms with E-state index in [2.05, 4.69) is 6.92 Å². The van der Waals surface area contributed by atoms with E-state index < -0.39 is 59.0 Å². The monoisotopic (exact) mass is 718 g/mol. The van der Waals surface area contributed by atoms with Gasteiger partial charge in [-0.25, -0.2) is 0 Å². The molecule has 1 fully saturated rings. The summed E-state index contributed by atoms with van der Waals surface area (Å²) < 4.78 is 230. The molecule has 0 atom stereocenters. The molecule has 1 saturated carbocycles. The number of unbranched alkanes of at least 4 members (excludes halogenated alkanes) is 3. The molecule has 0 amide bonds. The van der Waals surface area contributed by atoms with Crippen LogP contribution >= 0.6 is 0 Å². The maximum Gasteiger partial charge on any atom is 0.460 e. The second kappa shape index (κ2) is 13.9. The molecule has 1 aromatic rings. The molecule has 0 bridgehead atoms. The van der Waals surface area contributed by atoms with Crippen LogP contribution in [0.5, 0.6) is 0 Å². The number of hydrogen-bond acceptors (Lipinski definition) is 1. The van der Waals surface area contributed by atoms with E-state index in [1.807, 2.05) is 0 Å². The first kappa shape index (κ1) is 40.9. The SMILES string of the molecule is CCCCCCC1CCC(CCc2ccc(C(=O)C(F)(F)C(F)(F)C(F)(F)C(F)(F)C(F)(F)C(F)(F)C(F)(F)C(F)(F)F)cc2)CC1. The summed E-state index contributed by atoms with van der Waals surface area (Å²) in [5.74, 6) is -60.5. The van der Waals surface area contributed by atoms with Crippen LogP contribution in [-0.2, 0) is 6.42 Å². The van der Waals surface area contributed by atoms with E-state index in [1.165, 1.54) is 0 Å². The fraction of sp³-hybridized carbons (Fsp3) is 0.759. The zero-order valence-corrected chi connectivity index (χ0v) is 24.6. The molecule has 0 aliphatic heterocycles. The molecule has 0 radical (unpaired) electrons. The van der Waals surface area contributed by atoms with Crippen molar-refractivity contribution in [2.45, 2.75) is 125 Å². The van der Waals surface area contributed by atoms with Crippen molar-refractivity contribution in [1.82, 2.24) is 0 Å². The van der Waals surface area contributed by atoms with Crippen molar-refractivity contribution in [3.05, 3.63) is 35.4 Å². The lowest BCUT2D eigenvalue weighted by Crippen LogP contribution is -2.75. The van der Waals surface area contributed by atoms with E-state index in [4.69, 9.17) is 0 Å². The number of hydrogen-bond donors (Lipinski definition) is 0.